The summed E-state index contributed by atoms with van der Waals surface area (Å²) in [6.07, 6.45) is -0.205. The molecule has 1 aromatic carbocycles. The fraction of sp³-hybridized carbons (Fsp3) is 0.462. The molecular formula is C13H17NO2. The maximum Gasteiger partial charge on any atom is 0.410 e. The average Bonchev–Trinajstić information content (AvgIpc) is 2.25. The summed E-state index contributed by atoms with van der Waals surface area (Å²) in [6.45, 7) is 6.11. The molecule has 86 valence electrons. The quantitative estimate of drug-likeness (QED) is 0.765. The maximum absolute atomic E-state index is 11.6. The molecule has 1 aromatic rings. The largest absolute Gasteiger partial charge is 0.449 e. The Hall–Kier alpha value is -1.51. The summed E-state index contributed by atoms with van der Waals surface area (Å²) in [5, 5.41) is 0. The van der Waals surface area contributed by atoms with Crippen molar-refractivity contribution < 1.29 is 9.53 Å². The van der Waals surface area contributed by atoms with Crippen LogP contribution in [-0.4, -0.2) is 24.1 Å². The molecule has 0 unspecified atom stereocenters. The van der Waals surface area contributed by atoms with Crippen LogP contribution in [0.15, 0.2) is 30.3 Å². The molecule has 3 heteroatoms. The highest BCUT2D eigenvalue weighted by Gasteiger charge is 2.32. The lowest BCUT2D eigenvalue weighted by atomic mass is 9.93. The molecule has 0 aromatic heterocycles. The molecule has 0 saturated carbocycles. The molecule has 1 amide bonds. The Morgan fingerprint density at radius 1 is 1.31 bits per heavy atom. The third-order valence-corrected chi connectivity index (χ3v) is 2.68. The predicted molar refractivity (Wildman–Crippen MR) is 62.0 cm³/mol. The zero-order valence-corrected chi connectivity index (χ0v) is 9.77. The van der Waals surface area contributed by atoms with E-state index in [1.54, 1.807) is 4.90 Å². The lowest BCUT2D eigenvalue weighted by molar-refractivity contribution is 0.00679. The monoisotopic (exact) mass is 219 g/mol. The fourth-order valence-electron chi connectivity index (χ4n) is 1.90. The minimum absolute atomic E-state index is 0.0443. The number of carbonyl (C=O) groups excluding carboxylic acids is 1. The zero-order chi connectivity index (χ0) is 11.6. The van der Waals surface area contributed by atoms with Gasteiger partial charge in [0, 0.05) is 18.5 Å². The number of nitrogens with zero attached hydrogens (tertiary/aromatic N) is 1. The number of cyclic esters (lactones) is 1. The molecule has 0 radical (unpaired) electrons. The van der Waals surface area contributed by atoms with Crippen molar-refractivity contribution in [3.63, 3.8) is 0 Å². The van der Waals surface area contributed by atoms with Gasteiger partial charge in [-0.05, 0) is 5.56 Å². The summed E-state index contributed by atoms with van der Waals surface area (Å²) in [5.41, 5.74) is 1.18. The number of carbonyl (C=O) groups is 1. The van der Waals surface area contributed by atoms with Crippen molar-refractivity contribution >= 4 is 6.09 Å². The van der Waals surface area contributed by atoms with E-state index in [1.165, 1.54) is 0 Å². The molecule has 1 heterocycles. The van der Waals surface area contributed by atoms with Crippen molar-refractivity contribution in [3.05, 3.63) is 35.9 Å². The normalized spacial score (nSPS) is 19.4. The van der Waals surface area contributed by atoms with Crippen molar-refractivity contribution in [3.8, 4) is 0 Å². The standard InChI is InChI=1S/C13H17NO2/c1-13(2)9-14(12(15)16-10-13)8-11-6-4-3-5-7-11/h3-7H,8-10H2,1-2H3. The van der Waals surface area contributed by atoms with Crippen LogP contribution in [0.25, 0.3) is 0 Å². The second kappa shape index (κ2) is 4.16. The summed E-state index contributed by atoms with van der Waals surface area (Å²) >= 11 is 0. The molecular weight excluding hydrogens is 202 g/mol. The molecule has 0 bridgehead atoms. The molecule has 0 aliphatic carbocycles. The van der Waals surface area contributed by atoms with Crippen LogP contribution in [0, 0.1) is 5.41 Å². The number of benzene rings is 1. The Morgan fingerprint density at radius 2 is 2.00 bits per heavy atom. The van der Waals surface area contributed by atoms with Gasteiger partial charge < -0.3 is 9.64 Å². The van der Waals surface area contributed by atoms with Crippen molar-refractivity contribution in [2.75, 3.05) is 13.2 Å². The first-order valence-electron chi connectivity index (χ1n) is 5.52. The minimum Gasteiger partial charge on any atom is -0.449 e. The van der Waals surface area contributed by atoms with Gasteiger partial charge in [0.2, 0.25) is 0 Å². The van der Waals surface area contributed by atoms with Crippen LogP contribution >= 0.6 is 0 Å². The highest BCUT2D eigenvalue weighted by Crippen LogP contribution is 2.24. The van der Waals surface area contributed by atoms with Gasteiger partial charge in [-0.2, -0.15) is 0 Å². The lowest BCUT2D eigenvalue weighted by Crippen LogP contribution is -2.46. The van der Waals surface area contributed by atoms with Crippen LogP contribution in [0.3, 0.4) is 0 Å². The predicted octanol–water partition coefficient (Wildman–Crippen LogP) is 2.67. The minimum atomic E-state index is -0.205. The number of ether oxygens (including phenoxy) is 1. The summed E-state index contributed by atoms with van der Waals surface area (Å²) in [5.74, 6) is 0. The van der Waals surface area contributed by atoms with Crippen molar-refractivity contribution in [2.45, 2.75) is 20.4 Å². The zero-order valence-electron chi connectivity index (χ0n) is 9.77. The van der Waals surface area contributed by atoms with E-state index in [9.17, 15) is 4.79 Å². The highest BCUT2D eigenvalue weighted by molar-refractivity contribution is 5.68. The Labute approximate surface area is 96.0 Å². The average molecular weight is 219 g/mol. The van der Waals surface area contributed by atoms with Crippen LogP contribution in [0.4, 0.5) is 4.79 Å². The van der Waals surface area contributed by atoms with Gasteiger partial charge >= 0.3 is 6.09 Å². The van der Waals surface area contributed by atoms with Crippen LogP contribution in [0.1, 0.15) is 19.4 Å². The van der Waals surface area contributed by atoms with Crippen LogP contribution in [-0.2, 0) is 11.3 Å². The molecule has 1 aliphatic rings. The van der Waals surface area contributed by atoms with Gasteiger partial charge in [-0.3, -0.25) is 0 Å². The Kier molecular flexibility index (Phi) is 2.86. The highest BCUT2D eigenvalue weighted by atomic mass is 16.6. The van der Waals surface area contributed by atoms with Gasteiger partial charge in [-0.1, -0.05) is 44.2 Å². The topological polar surface area (TPSA) is 29.5 Å². The van der Waals surface area contributed by atoms with E-state index in [0.29, 0.717) is 13.2 Å². The summed E-state index contributed by atoms with van der Waals surface area (Å²) < 4.78 is 5.16. The van der Waals surface area contributed by atoms with Gasteiger partial charge in [0.05, 0.1) is 6.61 Å². The first kappa shape index (κ1) is 11.0. The Bertz CT molecular complexity index is 373. The summed E-state index contributed by atoms with van der Waals surface area (Å²) in [4.78, 5) is 13.4. The molecule has 1 fully saturated rings. The van der Waals surface area contributed by atoms with Crippen LogP contribution in [0.2, 0.25) is 0 Å². The van der Waals surface area contributed by atoms with Crippen molar-refractivity contribution in [2.24, 2.45) is 5.41 Å². The SMILES string of the molecule is CC1(C)COC(=O)N(Cc2ccccc2)C1. The molecule has 0 spiro atoms. The molecule has 2 rings (SSSR count). The number of amides is 1. The number of rotatable bonds is 2. The Balaban J connectivity index is 2.06. The fourth-order valence-corrected chi connectivity index (χ4v) is 1.90. The van der Waals surface area contributed by atoms with Gasteiger partial charge in [-0.25, -0.2) is 4.79 Å². The van der Waals surface area contributed by atoms with E-state index >= 15 is 0 Å². The maximum atomic E-state index is 11.6. The van der Waals surface area contributed by atoms with E-state index in [2.05, 4.69) is 13.8 Å². The van der Waals surface area contributed by atoms with Crippen molar-refractivity contribution in [1.29, 1.82) is 0 Å². The molecule has 3 nitrogen and oxygen atoms in total. The second-order valence-corrected chi connectivity index (χ2v) is 5.06. The first-order valence-corrected chi connectivity index (χ1v) is 5.52. The van der Waals surface area contributed by atoms with Crippen LogP contribution < -0.4 is 0 Å². The van der Waals surface area contributed by atoms with Gasteiger partial charge in [0.25, 0.3) is 0 Å². The lowest BCUT2D eigenvalue weighted by Gasteiger charge is -2.37. The first-order chi connectivity index (χ1) is 7.57. The van der Waals surface area contributed by atoms with Crippen LogP contribution in [0.5, 0.6) is 0 Å². The third-order valence-electron chi connectivity index (χ3n) is 2.68. The van der Waals surface area contributed by atoms with Gasteiger partial charge in [0.1, 0.15) is 0 Å². The molecule has 0 N–H and O–H groups in total. The molecule has 1 saturated heterocycles. The second-order valence-electron chi connectivity index (χ2n) is 5.06. The summed E-state index contributed by atoms with van der Waals surface area (Å²) in [7, 11) is 0. The van der Waals surface area contributed by atoms with E-state index in [1.807, 2.05) is 30.3 Å². The number of hydrogen-bond acceptors (Lipinski definition) is 2. The van der Waals surface area contributed by atoms with E-state index in [-0.39, 0.29) is 11.5 Å². The van der Waals surface area contributed by atoms with Gasteiger partial charge in [-0.15, -0.1) is 0 Å². The molecule has 0 atom stereocenters. The molecule has 16 heavy (non-hydrogen) atoms. The van der Waals surface area contributed by atoms with E-state index < -0.39 is 0 Å². The number of hydrogen-bond donors (Lipinski definition) is 0. The third kappa shape index (κ3) is 2.54. The summed E-state index contributed by atoms with van der Waals surface area (Å²) in [6, 6.07) is 9.98. The van der Waals surface area contributed by atoms with Gasteiger partial charge in [0.15, 0.2) is 0 Å². The smallest absolute Gasteiger partial charge is 0.410 e. The molecule has 1 aliphatic heterocycles. The van der Waals surface area contributed by atoms with E-state index in [4.69, 9.17) is 4.74 Å². The Morgan fingerprint density at radius 3 is 2.69 bits per heavy atom. The van der Waals surface area contributed by atoms with Crippen molar-refractivity contribution in [1.82, 2.24) is 4.90 Å². The van der Waals surface area contributed by atoms with E-state index in [0.717, 1.165) is 12.1 Å².